The van der Waals surface area contributed by atoms with Crippen molar-refractivity contribution in [3.63, 3.8) is 0 Å². The molecule has 2 aliphatic heterocycles. The van der Waals surface area contributed by atoms with Crippen molar-refractivity contribution in [3.8, 4) is 0 Å². The van der Waals surface area contributed by atoms with Crippen LogP contribution >= 0.6 is 0 Å². The molecule has 0 aromatic heterocycles. The zero-order valence-electron chi connectivity index (χ0n) is 20.3. The van der Waals surface area contributed by atoms with E-state index in [0.717, 1.165) is 32.1 Å². The van der Waals surface area contributed by atoms with Crippen molar-refractivity contribution in [1.29, 1.82) is 0 Å². The van der Waals surface area contributed by atoms with Crippen molar-refractivity contribution in [1.82, 2.24) is 4.90 Å². The SMILES string of the molecule is COC(=O)CCCCCCN1C(=O)C(F)(F)CC1C=CC1OC1C(C)CCCc1ccccc1. The van der Waals surface area contributed by atoms with Crippen molar-refractivity contribution < 1.29 is 27.8 Å². The number of rotatable bonds is 14. The first-order valence-electron chi connectivity index (χ1n) is 12.4. The Labute approximate surface area is 201 Å². The maximum absolute atomic E-state index is 14.1. The second kappa shape index (κ2) is 12.4. The number of nitrogens with zero attached hydrogens (tertiary/aromatic N) is 1. The number of carbonyl (C=O) groups excluding carboxylic acids is 2. The number of ether oxygens (including phenoxy) is 2. The van der Waals surface area contributed by atoms with E-state index >= 15 is 0 Å². The molecule has 7 heteroatoms. The van der Waals surface area contributed by atoms with Gasteiger partial charge in [-0.15, -0.1) is 0 Å². The molecule has 188 valence electrons. The first kappa shape index (κ1) is 26.3. The third-order valence-electron chi connectivity index (χ3n) is 6.81. The summed E-state index contributed by atoms with van der Waals surface area (Å²) in [5.41, 5.74) is 1.33. The number of hydrogen-bond acceptors (Lipinski definition) is 4. The van der Waals surface area contributed by atoms with E-state index in [-0.39, 0.29) is 18.2 Å². The van der Waals surface area contributed by atoms with Crippen molar-refractivity contribution in [2.24, 2.45) is 5.92 Å². The Morgan fingerprint density at radius 3 is 2.65 bits per heavy atom. The van der Waals surface area contributed by atoms with Gasteiger partial charge in [-0.05, 0) is 43.6 Å². The molecule has 2 heterocycles. The maximum atomic E-state index is 14.1. The molecule has 4 unspecified atom stereocenters. The van der Waals surface area contributed by atoms with E-state index < -0.39 is 24.3 Å². The number of alkyl halides is 2. The first-order valence-corrected chi connectivity index (χ1v) is 12.4. The quantitative estimate of drug-likeness (QED) is 0.157. The lowest BCUT2D eigenvalue weighted by Gasteiger charge is -2.21. The lowest BCUT2D eigenvalue weighted by Crippen LogP contribution is -2.36. The van der Waals surface area contributed by atoms with Crippen molar-refractivity contribution in [3.05, 3.63) is 48.0 Å². The molecule has 34 heavy (non-hydrogen) atoms. The molecule has 5 nitrogen and oxygen atoms in total. The van der Waals surface area contributed by atoms with E-state index in [1.807, 2.05) is 12.1 Å². The molecule has 0 saturated carbocycles. The summed E-state index contributed by atoms with van der Waals surface area (Å²) < 4.78 is 38.6. The molecule has 0 radical (unpaired) electrons. The van der Waals surface area contributed by atoms with Crippen LogP contribution in [0.15, 0.2) is 42.5 Å². The van der Waals surface area contributed by atoms with Gasteiger partial charge in [-0.25, -0.2) is 0 Å². The predicted molar refractivity (Wildman–Crippen MR) is 127 cm³/mol. The molecular weight excluding hydrogens is 440 g/mol. The van der Waals surface area contributed by atoms with Gasteiger partial charge in [0.05, 0.1) is 19.3 Å². The van der Waals surface area contributed by atoms with Crippen LogP contribution in [0.3, 0.4) is 0 Å². The van der Waals surface area contributed by atoms with Gasteiger partial charge in [0.15, 0.2) is 0 Å². The Morgan fingerprint density at radius 1 is 1.18 bits per heavy atom. The fraction of sp³-hybridized carbons (Fsp3) is 0.630. The van der Waals surface area contributed by atoms with Gasteiger partial charge in [0.25, 0.3) is 5.91 Å². The Bertz CT molecular complexity index is 829. The molecule has 4 atom stereocenters. The lowest BCUT2D eigenvalue weighted by molar-refractivity contribution is -0.148. The van der Waals surface area contributed by atoms with Crippen molar-refractivity contribution in [2.75, 3.05) is 13.7 Å². The minimum Gasteiger partial charge on any atom is -0.469 e. The van der Waals surface area contributed by atoms with E-state index in [4.69, 9.17) is 4.74 Å². The number of halogens is 2. The number of hydrogen-bond donors (Lipinski definition) is 0. The summed E-state index contributed by atoms with van der Waals surface area (Å²) in [6.45, 7) is 2.47. The van der Waals surface area contributed by atoms with Gasteiger partial charge in [0.1, 0.15) is 6.10 Å². The predicted octanol–water partition coefficient (Wildman–Crippen LogP) is 5.33. The summed E-state index contributed by atoms with van der Waals surface area (Å²) in [5.74, 6) is -4.25. The molecule has 1 amide bonds. The summed E-state index contributed by atoms with van der Waals surface area (Å²) in [6.07, 6.45) is 9.61. The Hall–Kier alpha value is -2.28. The Balaban J connectivity index is 1.40. The molecule has 0 N–H and O–H groups in total. The summed E-state index contributed by atoms with van der Waals surface area (Å²) in [6, 6.07) is 9.79. The zero-order chi connectivity index (χ0) is 24.6. The van der Waals surface area contributed by atoms with Crippen LogP contribution in [-0.4, -0.2) is 54.6 Å². The highest BCUT2D eigenvalue weighted by Crippen LogP contribution is 2.37. The monoisotopic (exact) mass is 477 g/mol. The number of epoxide rings is 1. The summed E-state index contributed by atoms with van der Waals surface area (Å²) >= 11 is 0. The van der Waals surface area contributed by atoms with Crippen LogP contribution in [-0.2, 0) is 25.5 Å². The second-order valence-corrected chi connectivity index (χ2v) is 9.52. The number of benzene rings is 1. The topological polar surface area (TPSA) is 59.1 Å². The molecule has 2 fully saturated rings. The van der Waals surface area contributed by atoms with Gasteiger partial charge in [0.2, 0.25) is 0 Å². The average molecular weight is 478 g/mol. The number of carbonyl (C=O) groups is 2. The van der Waals surface area contributed by atoms with Crippen LogP contribution in [0, 0.1) is 5.92 Å². The third kappa shape index (κ3) is 7.62. The van der Waals surface area contributed by atoms with E-state index in [9.17, 15) is 18.4 Å². The van der Waals surface area contributed by atoms with Gasteiger partial charge in [0, 0.05) is 19.4 Å². The second-order valence-electron chi connectivity index (χ2n) is 9.52. The highest BCUT2D eigenvalue weighted by Gasteiger charge is 2.52. The zero-order valence-corrected chi connectivity index (χ0v) is 20.3. The number of aryl methyl sites for hydroxylation is 1. The highest BCUT2D eigenvalue weighted by molar-refractivity contribution is 5.86. The summed E-state index contributed by atoms with van der Waals surface area (Å²) in [7, 11) is 1.36. The first-order chi connectivity index (χ1) is 16.3. The van der Waals surface area contributed by atoms with Crippen LogP contribution in [0.4, 0.5) is 8.78 Å². The van der Waals surface area contributed by atoms with Gasteiger partial charge in [-0.3, -0.25) is 9.59 Å². The van der Waals surface area contributed by atoms with Crippen LogP contribution in [0.2, 0.25) is 0 Å². The molecule has 2 saturated heterocycles. The molecule has 3 rings (SSSR count). The van der Waals surface area contributed by atoms with Crippen LogP contribution in [0.5, 0.6) is 0 Å². The number of amides is 1. The normalized spacial score (nSPS) is 24.5. The van der Waals surface area contributed by atoms with Crippen molar-refractivity contribution in [2.45, 2.75) is 88.9 Å². The molecule has 1 aromatic rings. The minimum atomic E-state index is -3.31. The molecular formula is C27H37F2NO4. The fourth-order valence-corrected chi connectivity index (χ4v) is 4.69. The van der Waals surface area contributed by atoms with Crippen LogP contribution in [0.1, 0.15) is 63.9 Å². The van der Waals surface area contributed by atoms with Gasteiger partial charge >= 0.3 is 11.9 Å². The minimum absolute atomic E-state index is 0.0591. The fourth-order valence-electron chi connectivity index (χ4n) is 4.69. The maximum Gasteiger partial charge on any atom is 0.327 e. The standard InChI is InChI=1S/C27H37F2NO4/c1-20(11-10-14-21-12-6-5-7-13-21)25-23(34-25)17-16-22-19-27(28,29)26(32)30(22)18-9-4-3-8-15-24(31)33-2/h5-7,12-13,16-17,20,22-23,25H,3-4,8-11,14-15,18-19H2,1-2H3. The molecule has 0 spiro atoms. The lowest BCUT2D eigenvalue weighted by atomic mass is 9.96. The Kier molecular flexibility index (Phi) is 9.63. The van der Waals surface area contributed by atoms with E-state index in [1.165, 1.54) is 17.6 Å². The molecule has 2 aliphatic rings. The molecule has 1 aromatic carbocycles. The highest BCUT2D eigenvalue weighted by atomic mass is 19.3. The number of unbranched alkanes of at least 4 members (excludes halogenated alkanes) is 3. The van der Waals surface area contributed by atoms with Gasteiger partial charge in [-0.2, -0.15) is 8.78 Å². The van der Waals surface area contributed by atoms with E-state index in [0.29, 0.717) is 31.7 Å². The largest absolute Gasteiger partial charge is 0.469 e. The smallest absolute Gasteiger partial charge is 0.327 e. The number of esters is 1. The third-order valence-corrected chi connectivity index (χ3v) is 6.81. The van der Waals surface area contributed by atoms with Crippen LogP contribution < -0.4 is 0 Å². The van der Waals surface area contributed by atoms with Crippen molar-refractivity contribution >= 4 is 11.9 Å². The average Bonchev–Trinajstić information content (AvgIpc) is 3.57. The Morgan fingerprint density at radius 2 is 1.91 bits per heavy atom. The summed E-state index contributed by atoms with van der Waals surface area (Å²) in [4.78, 5) is 24.6. The molecule has 0 aliphatic carbocycles. The molecule has 0 bridgehead atoms. The van der Waals surface area contributed by atoms with Crippen LogP contribution in [0.25, 0.3) is 0 Å². The van der Waals surface area contributed by atoms with E-state index in [2.05, 4.69) is 35.9 Å². The van der Waals surface area contributed by atoms with E-state index in [1.54, 1.807) is 6.08 Å². The number of likely N-dealkylation sites (tertiary alicyclic amines) is 1. The number of methoxy groups -OCH3 is 1. The van der Waals surface area contributed by atoms with Gasteiger partial charge in [-0.1, -0.05) is 62.2 Å². The summed E-state index contributed by atoms with van der Waals surface area (Å²) in [5, 5.41) is 0. The van der Waals surface area contributed by atoms with Gasteiger partial charge < -0.3 is 14.4 Å².